The molecule has 1 aliphatic rings. The first-order chi connectivity index (χ1) is 7.93. The van der Waals surface area contributed by atoms with Gasteiger partial charge in [-0.25, -0.2) is 4.39 Å². The third kappa shape index (κ3) is 1.99. The minimum atomic E-state index is -0.669. The van der Waals surface area contributed by atoms with Gasteiger partial charge in [-0.1, -0.05) is 6.07 Å². The molecule has 2 rings (SSSR count). The number of amides is 1. The Morgan fingerprint density at radius 1 is 1.47 bits per heavy atom. The molecule has 17 heavy (non-hydrogen) atoms. The van der Waals surface area contributed by atoms with Gasteiger partial charge in [-0.15, -0.1) is 0 Å². The summed E-state index contributed by atoms with van der Waals surface area (Å²) in [4.78, 5) is 13.9. The molecule has 0 atom stereocenters. The van der Waals surface area contributed by atoms with Crippen LogP contribution in [0, 0.1) is 5.82 Å². The molecule has 1 aromatic rings. The molecule has 0 spiro atoms. The van der Waals surface area contributed by atoms with Crippen molar-refractivity contribution in [3.8, 4) is 5.75 Å². The lowest BCUT2D eigenvalue weighted by atomic mass is 10.0. The van der Waals surface area contributed by atoms with E-state index in [4.69, 9.17) is 0 Å². The van der Waals surface area contributed by atoms with Crippen LogP contribution in [0.5, 0.6) is 5.75 Å². The second kappa shape index (κ2) is 4.02. The number of carbonyl (C=O) groups excluding carboxylic acids is 1. The van der Waals surface area contributed by atoms with Crippen molar-refractivity contribution in [2.75, 3.05) is 6.54 Å². The third-order valence-electron chi connectivity index (χ3n) is 3.35. The smallest absolute Gasteiger partial charge is 0.261 e. The van der Waals surface area contributed by atoms with Gasteiger partial charge in [0.05, 0.1) is 0 Å². The molecule has 1 aromatic carbocycles. The maximum absolute atomic E-state index is 13.6. The summed E-state index contributed by atoms with van der Waals surface area (Å²) < 4.78 is 13.6. The predicted molar refractivity (Wildman–Crippen MR) is 62.4 cm³/mol. The molecule has 0 bridgehead atoms. The van der Waals surface area contributed by atoms with E-state index >= 15 is 0 Å². The van der Waals surface area contributed by atoms with E-state index in [9.17, 15) is 14.3 Å². The van der Waals surface area contributed by atoms with Crippen molar-refractivity contribution in [1.29, 1.82) is 0 Å². The van der Waals surface area contributed by atoms with Crippen molar-refractivity contribution in [2.24, 2.45) is 0 Å². The number of hydrogen-bond acceptors (Lipinski definition) is 2. The molecule has 1 fully saturated rings. The molecule has 1 N–H and O–H groups in total. The Balaban J connectivity index is 2.38. The highest BCUT2D eigenvalue weighted by molar-refractivity contribution is 5.97. The first-order valence-electron chi connectivity index (χ1n) is 5.73. The molecule has 0 aromatic heterocycles. The van der Waals surface area contributed by atoms with Gasteiger partial charge in [-0.2, -0.15) is 0 Å². The van der Waals surface area contributed by atoms with E-state index in [0.717, 1.165) is 12.8 Å². The van der Waals surface area contributed by atoms with Crippen molar-refractivity contribution in [3.05, 3.63) is 29.6 Å². The molecular formula is C13H16FNO2. The van der Waals surface area contributed by atoms with Crippen LogP contribution in [0.15, 0.2) is 18.2 Å². The van der Waals surface area contributed by atoms with Crippen LogP contribution in [0.2, 0.25) is 0 Å². The average Bonchev–Trinajstić information content (AvgIpc) is 2.57. The van der Waals surface area contributed by atoms with Gasteiger partial charge < -0.3 is 10.0 Å². The number of benzene rings is 1. The Kier molecular flexibility index (Phi) is 2.81. The van der Waals surface area contributed by atoms with Crippen molar-refractivity contribution < 1.29 is 14.3 Å². The number of carbonyl (C=O) groups is 1. The first-order valence-corrected chi connectivity index (χ1v) is 5.73. The van der Waals surface area contributed by atoms with Crippen LogP contribution in [0.3, 0.4) is 0 Å². The molecule has 3 nitrogen and oxygen atoms in total. The minimum absolute atomic E-state index is 0.220. The maximum atomic E-state index is 13.6. The van der Waals surface area contributed by atoms with E-state index in [-0.39, 0.29) is 16.9 Å². The molecule has 0 radical (unpaired) electrons. The summed E-state index contributed by atoms with van der Waals surface area (Å²) in [6, 6.07) is 3.91. The second-order valence-corrected chi connectivity index (χ2v) is 5.01. The Morgan fingerprint density at radius 3 is 2.71 bits per heavy atom. The zero-order chi connectivity index (χ0) is 12.6. The number of phenols is 1. The van der Waals surface area contributed by atoms with Gasteiger partial charge in [0, 0.05) is 12.1 Å². The summed E-state index contributed by atoms with van der Waals surface area (Å²) in [5.74, 6) is -1.39. The van der Waals surface area contributed by atoms with Crippen LogP contribution in [-0.2, 0) is 0 Å². The molecular weight excluding hydrogens is 221 g/mol. The highest BCUT2D eigenvalue weighted by Crippen LogP contribution is 2.32. The lowest BCUT2D eigenvalue weighted by Gasteiger charge is -2.31. The van der Waals surface area contributed by atoms with Gasteiger partial charge >= 0.3 is 0 Å². The molecule has 1 amide bonds. The fraction of sp³-hybridized carbons (Fsp3) is 0.462. The molecule has 4 heteroatoms. The Labute approximate surface area is 99.9 Å². The highest BCUT2D eigenvalue weighted by Gasteiger charge is 2.37. The summed E-state index contributed by atoms with van der Waals surface area (Å²) in [6.45, 7) is 4.52. The van der Waals surface area contributed by atoms with E-state index in [1.54, 1.807) is 4.90 Å². The zero-order valence-electron chi connectivity index (χ0n) is 10.0. The summed E-state index contributed by atoms with van der Waals surface area (Å²) in [5.41, 5.74) is -0.492. The van der Waals surface area contributed by atoms with Crippen LogP contribution in [0.4, 0.5) is 4.39 Å². The van der Waals surface area contributed by atoms with Gasteiger partial charge in [-0.05, 0) is 38.8 Å². The lowest BCUT2D eigenvalue weighted by molar-refractivity contribution is 0.0644. The number of phenolic OH excluding ortho intramolecular Hbond substituents is 1. The SMILES string of the molecule is CC1(C)CCCN1C(=O)c1c(O)cccc1F. The Hall–Kier alpha value is -1.58. The van der Waals surface area contributed by atoms with Crippen molar-refractivity contribution in [1.82, 2.24) is 4.90 Å². The van der Waals surface area contributed by atoms with Gasteiger partial charge in [0.15, 0.2) is 0 Å². The molecule has 0 aliphatic carbocycles. The number of aromatic hydroxyl groups is 1. The predicted octanol–water partition coefficient (Wildman–Crippen LogP) is 2.55. The van der Waals surface area contributed by atoms with Crippen LogP contribution < -0.4 is 0 Å². The van der Waals surface area contributed by atoms with Crippen molar-refractivity contribution in [3.63, 3.8) is 0 Å². The summed E-state index contributed by atoms with van der Waals surface area (Å²) in [6.07, 6.45) is 1.81. The summed E-state index contributed by atoms with van der Waals surface area (Å²) in [7, 11) is 0. The lowest BCUT2D eigenvalue weighted by Crippen LogP contribution is -2.43. The zero-order valence-corrected chi connectivity index (χ0v) is 10.0. The highest BCUT2D eigenvalue weighted by atomic mass is 19.1. The maximum Gasteiger partial charge on any atom is 0.261 e. The quantitative estimate of drug-likeness (QED) is 0.815. The van der Waals surface area contributed by atoms with E-state index in [0.29, 0.717) is 6.54 Å². The molecule has 1 aliphatic heterocycles. The van der Waals surface area contributed by atoms with Crippen LogP contribution in [0.1, 0.15) is 37.0 Å². The van der Waals surface area contributed by atoms with Gasteiger partial charge in [0.25, 0.3) is 5.91 Å². The topological polar surface area (TPSA) is 40.5 Å². The van der Waals surface area contributed by atoms with E-state index < -0.39 is 11.7 Å². The number of rotatable bonds is 1. The van der Waals surface area contributed by atoms with Gasteiger partial charge in [-0.3, -0.25) is 4.79 Å². The molecule has 0 unspecified atom stereocenters. The second-order valence-electron chi connectivity index (χ2n) is 5.01. The van der Waals surface area contributed by atoms with Crippen molar-refractivity contribution in [2.45, 2.75) is 32.2 Å². The standard InChI is InChI=1S/C13H16FNO2/c1-13(2)7-4-8-15(13)12(17)11-9(14)5-3-6-10(11)16/h3,5-6,16H,4,7-8H2,1-2H3. The number of likely N-dealkylation sites (tertiary alicyclic amines) is 1. The Bertz CT molecular complexity index is 436. The van der Waals surface area contributed by atoms with Gasteiger partial charge in [0.2, 0.25) is 0 Å². The number of hydrogen-bond donors (Lipinski definition) is 1. The first kappa shape index (κ1) is 11.9. The number of halogens is 1. The third-order valence-corrected chi connectivity index (χ3v) is 3.35. The largest absolute Gasteiger partial charge is 0.507 e. The van der Waals surface area contributed by atoms with E-state index in [1.165, 1.54) is 18.2 Å². The molecule has 1 heterocycles. The van der Waals surface area contributed by atoms with Crippen LogP contribution >= 0.6 is 0 Å². The number of nitrogens with zero attached hydrogens (tertiary/aromatic N) is 1. The monoisotopic (exact) mass is 237 g/mol. The fourth-order valence-corrected chi connectivity index (χ4v) is 2.34. The van der Waals surface area contributed by atoms with Crippen LogP contribution in [0.25, 0.3) is 0 Å². The van der Waals surface area contributed by atoms with Crippen LogP contribution in [-0.4, -0.2) is 28.0 Å². The molecule has 0 saturated carbocycles. The Morgan fingerprint density at radius 2 is 2.18 bits per heavy atom. The summed E-state index contributed by atoms with van der Waals surface area (Å²) >= 11 is 0. The van der Waals surface area contributed by atoms with Gasteiger partial charge in [0.1, 0.15) is 17.1 Å². The summed E-state index contributed by atoms with van der Waals surface area (Å²) in [5, 5.41) is 9.60. The molecule has 92 valence electrons. The minimum Gasteiger partial charge on any atom is -0.507 e. The average molecular weight is 237 g/mol. The van der Waals surface area contributed by atoms with E-state index in [1.807, 2.05) is 13.8 Å². The van der Waals surface area contributed by atoms with E-state index in [2.05, 4.69) is 0 Å². The molecule has 1 saturated heterocycles. The fourth-order valence-electron chi connectivity index (χ4n) is 2.34. The van der Waals surface area contributed by atoms with Crippen molar-refractivity contribution >= 4 is 5.91 Å². The normalized spacial score (nSPS) is 18.4.